The topological polar surface area (TPSA) is 68.5 Å². The third-order valence-electron chi connectivity index (χ3n) is 4.72. The quantitative estimate of drug-likeness (QED) is 0.433. The number of fused-ring (bicyclic) bond motifs is 1. The molecule has 2 heterocycles. The van der Waals surface area contributed by atoms with Crippen LogP contribution in [0.15, 0.2) is 59.0 Å². The molecule has 0 atom stereocenters. The lowest BCUT2D eigenvalue weighted by molar-refractivity contribution is -0.137. The van der Waals surface area contributed by atoms with Crippen LogP contribution in [0.25, 0.3) is 23.0 Å². The number of benzene rings is 2. The number of anilines is 1. The van der Waals surface area contributed by atoms with Gasteiger partial charge in [0, 0.05) is 16.8 Å². The lowest BCUT2D eigenvalue weighted by Crippen LogP contribution is -2.06. The van der Waals surface area contributed by atoms with Crippen molar-refractivity contribution in [3.63, 3.8) is 0 Å². The number of furan rings is 1. The van der Waals surface area contributed by atoms with Gasteiger partial charge in [-0.3, -0.25) is 4.79 Å². The number of carbonyl (C=O) groups is 2. The van der Waals surface area contributed by atoms with Gasteiger partial charge in [-0.25, -0.2) is 4.79 Å². The second-order valence-corrected chi connectivity index (χ2v) is 6.77. The summed E-state index contributed by atoms with van der Waals surface area (Å²) in [5.41, 5.74) is 0.976. The molecule has 1 amide bonds. The fourth-order valence-corrected chi connectivity index (χ4v) is 3.23. The first kappa shape index (κ1) is 20.5. The van der Waals surface area contributed by atoms with Crippen LogP contribution in [0.2, 0.25) is 0 Å². The first-order valence-electron chi connectivity index (χ1n) is 9.38. The molecule has 3 aromatic rings. The molecule has 0 aliphatic carbocycles. The van der Waals surface area contributed by atoms with E-state index in [1.54, 1.807) is 43.3 Å². The average Bonchev–Trinajstić information content (AvgIpc) is 3.32. The van der Waals surface area contributed by atoms with Gasteiger partial charge in [0.1, 0.15) is 11.5 Å². The van der Waals surface area contributed by atoms with Gasteiger partial charge in [0.15, 0.2) is 0 Å². The highest BCUT2D eigenvalue weighted by Gasteiger charge is 2.33. The molecule has 1 aliphatic rings. The van der Waals surface area contributed by atoms with E-state index in [2.05, 4.69) is 5.32 Å². The van der Waals surface area contributed by atoms with Crippen LogP contribution in [0.3, 0.4) is 0 Å². The van der Waals surface area contributed by atoms with Gasteiger partial charge < -0.3 is 14.5 Å². The predicted octanol–water partition coefficient (Wildman–Crippen LogP) is 5.63. The van der Waals surface area contributed by atoms with Crippen LogP contribution in [0.1, 0.15) is 34.2 Å². The third-order valence-corrected chi connectivity index (χ3v) is 4.72. The molecule has 0 unspecified atom stereocenters. The average molecular weight is 427 g/mol. The summed E-state index contributed by atoms with van der Waals surface area (Å²) in [7, 11) is 0. The summed E-state index contributed by atoms with van der Waals surface area (Å²) in [5.74, 6) is -0.0553. The summed E-state index contributed by atoms with van der Waals surface area (Å²) in [6, 6.07) is 13.1. The minimum absolute atomic E-state index is 0.104. The number of rotatable bonds is 4. The highest BCUT2D eigenvalue weighted by Crippen LogP contribution is 2.38. The molecule has 8 heteroatoms. The number of carbonyl (C=O) groups excluding carboxylic acids is 2. The molecule has 31 heavy (non-hydrogen) atoms. The molecule has 0 radical (unpaired) electrons. The van der Waals surface area contributed by atoms with Gasteiger partial charge in [-0.2, -0.15) is 13.2 Å². The molecule has 158 valence electrons. The Hall–Kier alpha value is -3.81. The van der Waals surface area contributed by atoms with Crippen molar-refractivity contribution in [3.8, 4) is 11.3 Å². The maximum Gasteiger partial charge on any atom is 0.416 e. The first-order valence-corrected chi connectivity index (χ1v) is 9.38. The van der Waals surface area contributed by atoms with Crippen molar-refractivity contribution in [1.29, 1.82) is 0 Å². The van der Waals surface area contributed by atoms with Crippen molar-refractivity contribution in [2.45, 2.75) is 13.1 Å². The molecule has 1 N–H and O–H groups in total. The van der Waals surface area contributed by atoms with Crippen molar-refractivity contribution in [3.05, 3.63) is 77.0 Å². The summed E-state index contributed by atoms with van der Waals surface area (Å²) in [5, 5.41) is 2.45. The standard InChI is InChI=1S/C23H16F3NO4/c1-2-30-22(29)14-5-3-13(4-6-14)20-10-8-16(31-20)12-18-17-9-7-15(23(24,25)26)11-19(17)27-21(18)28/h3-12H,2H2,1H3,(H,27,28)/b18-12+. The maximum absolute atomic E-state index is 12.9. The van der Waals surface area contributed by atoms with Gasteiger partial charge in [0.25, 0.3) is 5.91 Å². The van der Waals surface area contributed by atoms with E-state index in [0.717, 1.165) is 12.1 Å². The van der Waals surface area contributed by atoms with Crippen LogP contribution in [-0.4, -0.2) is 18.5 Å². The van der Waals surface area contributed by atoms with E-state index < -0.39 is 23.6 Å². The summed E-state index contributed by atoms with van der Waals surface area (Å²) in [6.07, 6.45) is -3.02. The van der Waals surface area contributed by atoms with Gasteiger partial charge in [-0.05, 0) is 49.4 Å². The highest BCUT2D eigenvalue weighted by molar-refractivity contribution is 6.34. The van der Waals surface area contributed by atoms with E-state index in [-0.39, 0.29) is 17.9 Å². The van der Waals surface area contributed by atoms with E-state index in [1.807, 2.05) is 0 Å². The fraction of sp³-hybridized carbons (Fsp3) is 0.130. The third kappa shape index (κ3) is 4.09. The monoisotopic (exact) mass is 427 g/mol. The lowest BCUT2D eigenvalue weighted by Gasteiger charge is -2.07. The molecule has 5 nitrogen and oxygen atoms in total. The maximum atomic E-state index is 12.9. The Morgan fingerprint density at radius 3 is 2.52 bits per heavy atom. The van der Waals surface area contributed by atoms with Gasteiger partial charge in [0.2, 0.25) is 0 Å². The van der Waals surface area contributed by atoms with E-state index in [9.17, 15) is 22.8 Å². The fourth-order valence-electron chi connectivity index (χ4n) is 3.23. The number of hydrogen-bond acceptors (Lipinski definition) is 4. The molecular formula is C23H16F3NO4. The Balaban J connectivity index is 1.59. The number of hydrogen-bond donors (Lipinski definition) is 1. The molecule has 0 saturated heterocycles. The zero-order valence-corrected chi connectivity index (χ0v) is 16.2. The van der Waals surface area contributed by atoms with Gasteiger partial charge >= 0.3 is 12.1 Å². The number of amides is 1. The van der Waals surface area contributed by atoms with E-state index in [4.69, 9.17) is 9.15 Å². The first-order chi connectivity index (χ1) is 14.8. The summed E-state index contributed by atoms with van der Waals surface area (Å²) < 4.78 is 49.4. The molecule has 1 aromatic heterocycles. The Morgan fingerprint density at radius 2 is 1.84 bits per heavy atom. The number of alkyl halides is 3. The van der Waals surface area contributed by atoms with Crippen LogP contribution in [0, 0.1) is 0 Å². The van der Waals surface area contributed by atoms with Gasteiger partial charge in [-0.1, -0.05) is 18.2 Å². The van der Waals surface area contributed by atoms with Crippen molar-refractivity contribution in [2.24, 2.45) is 0 Å². The minimum Gasteiger partial charge on any atom is -0.462 e. The molecular weight excluding hydrogens is 411 g/mol. The van der Waals surface area contributed by atoms with Crippen LogP contribution >= 0.6 is 0 Å². The summed E-state index contributed by atoms with van der Waals surface area (Å²) >= 11 is 0. The van der Waals surface area contributed by atoms with Gasteiger partial charge in [0.05, 0.1) is 23.3 Å². The second kappa shape index (κ2) is 7.79. The van der Waals surface area contributed by atoms with Crippen molar-refractivity contribution < 1.29 is 31.9 Å². The van der Waals surface area contributed by atoms with Crippen molar-refractivity contribution >= 4 is 29.2 Å². The Morgan fingerprint density at radius 1 is 1.10 bits per heavy atom. The Kier molecular flexibility index (Phi) is 5.14. The highest BCUT2D eigenvalue weighted by atomic mass is 19.4. The minimum atomic E-state index is -4.50. The van der Waals surface area contributed by atoms with Crippen LogP contribution in [0.4, 0.5) is 18.9 Å². The van der Waals surface area contributed by atoms with Crippen molar-refractivity contribution in [2.75, 3.05) is 11.9 Å². The van der Waals surface area contributed by atoms with E-state index >= 15 is 0 Å². The SMILES string of the molecule is CCOC(=O)c1ccc(-c2ccc(/C=C3/C(=O)Nc4cc(C(F)(F)F)ccc43)o2)cc1. The molecule has 1 aliphatic heterocycles. The zero-order chi connectivity index (χ0) is 22.2. The van der Waals surface area contributed by atoms with Crippen LogP contribution < -0.4 is 5.32 Å². The summed E-state index contributed by atoms with van der Waals surface area (Å²) in [6.45, 7) is 2.01. The van der Waals surface area contributed by atoms with Crippen LogP contribution in [-0.2, 0) is 15.7 Å². The number of halogens is 3. The number of nitrogens with one attached hydrogen (secondary N) is 1. The van der Waals surface area contributed by atoms with Crippen molar-refractivity contribution in [1.82, 2.24) is 0 Å². The Labute approximate surface area is 175 Å². The number of ether oxygens (including phenoxy) is 1. The number of esters is 1. The van der Waals surface area contributed by atoms with Gasteiger partial charge in [-0.15, -0.1) is 0 Å². The molecule has 2 aromatic carbocycles. The summed E-state index contributed by atoms with van der Waals surface area (Å²) in [4.78, 5) is 24.0. The Bertz CT molecular complexity index is 1190. The lowest BCUT2D eigenvalue weighted by atomic mass is 10.0. The smallest absolute Gasteiger partial charge is 0.416 e. The predicted molar refractivity (Wildman–Crippen MR) is 108 cm³/mol. The largest absolute Gasteiger partial charge is 0.462 e. The molecule has 0 saturated carbocycles. The van der Waals surface area contributed by atoms with E-state index in [1.165, 1.54) is 12.1 Å². The molecule has 4 rings (SSSR count). The molecule has 0 spiro atoms. The molecule has 0 bridgehead atoms. The van der Waals surface area contributed by atoms with E-state index in [0.29, 0.717) is 28.2 Å². The second-order valence-electron chi connectivity index (χ2n) is 6.77. The normalized spacial score (nSPS) is 14.5. The molecule has 0 fully saturated rings. The van der Waals surface area contributed by atoms with Crippen LogP contribution in [0.5, 0.6) is 0 Å². The zero-order valence-electron chi connectivity index (χ0n) is 16.2.